The van der Waals surface area contributed by atoms with Crippen LogP contribution >= 0.6 is 11.3 Å². The summed E-state index contributed by atoms with van der Waals surface area (Å²) in [6.45, 7) is 6.57. The molecule has 1 aromatic carbocycles. The number of hydrogen-bond acceptors (Lipinski definition) is 5. The van der Waals surface area contributed by atoms with Gasteiger partial charge in [0.25, 0.3) is 0 Å². The SMILES string of the molecule is Cc1nc(C(C)Nc2ccc3c(c2)OCO3)c(C)s1. The van der Waals surface area contributed by atoms with Crippen LogP contribution < -0.4 is 14.8 Å². The van der Waals surface area contributed by atoms with Gasteiger partial charge in [0.1, 0.15) is 0 Å². The van der Waals surface area contributed by atoms with Crippen LogP contribution in [0, 0.1) is 13.8 Å². The summed E-state index contributed by atoms with van der Waals surface area (Å²) in [5, 5.41) is 4.55. The van der Waals surface area contributed by atoms with Crippen LogP contribution in [0.1, 0.15) is 28.5 Å². The van der Waals surface area contributed by atoms with Crippen molar-refractivity contribution in [3.8, 4) is 11.5 Å². The molecule has 1 aliphatic heterocycles. The third kappa shape index (κ3) is 2.38. The number of aromatic nitrogens is 1. The molecule has 19 heavy (non-hydrogen) atoms. The largest absolute Gasteiger partial charge is 0.454 e. The first kappa shape index (κ1) is 12.3. The molecule has 1 unspecified atom stereocenters. The molecule has 0 spiro atoms. The Morgan fingerprint density at radius 2 is 2.05 bits per heavy atom. The second kappa shape index (κ2) is 4.74. The van der Waals surface area contributed by atoms with E-state index in [4.69, 9.17) is 9.47 Å². The van der Waals surface area contributed by atoms with Gasteiger partial charge in [0.05, 0.1) is 16.7 Å². The fourth-order valence-corrected chi connectivity index (χ4v) is 3.17. The van der Waals surface area contributed by atoms with Crippen LogP contribution in [0.15, 0.2) is 18.2 Å². The number of benzene rings is 1. The third-order valence-corrected chi connectivity index (χ3v) is 4.01. The normalized spacial score (nSPS) is 14.5. The first-order valence-electron chi connectivity index (χ1n) is 6.23. The number of ether oxygens (including phenoxy) is 2. The van der Waals surface area contributed by atoms with Crippen molar-refractivity contribution in [2.75, 3.05) is 12.1 Å². The Morgan fingerprint density at radius 3 is 2.79 bits per heavy atom. The molecular weight excluding hydrogens is 260 g/mol. The average molecular weight is 276 g/mol. The number of aryl methyl sites for hydroxylation is 2. The molecule has 3 rings (SSSR count). The maximum Gasteiger partial charge on any atom is 0.231 e. The van der Waals surface area contributed by atoms with Gasteiger partial charge in [-0.1, -0.05) is 0 Å². The van der Waals surface area contributed by atoms with Crippen LogP contribution in [-0.4, -0.2) is 11.8 Å². The monoisotopic (exact) mass is 276 g/mol. The smallest absolute Gasteiger partial charge is 0.231 e. The lowest BCUT2D eigenvalue weighted by atomic mass is 10.2. The minimum atomic E-state index is 0.172. The lowest BCUT2D eigenvalue weighted by molar-refractivity contribution is 0.174. The molecule has 2 heterocycles. The van der Waals surface area contributed by atoms with Gasteiger partial charge in [-0.3, -0.25) is 0 Å². The van der Waals surface area contributed by atoms with Gasteiger partial charge in [-0.2, -0.15) is 0 Å². The van der Waals surface area contributed by atoms with E-state index in [1.165, 1.54) is 4.88 Å². The van der Waals surface area contributed by atoms with Crippen LogP contribution in [0.5, 0.6) is 11.5 Å². The van der Waals surface area contributed by atoms with Crippen LogP contribution in [0.2, 0.25) is 0 Å². The fourth-order valence-electron chi connectivity index (χ4n) is 2.25. The number of rotatable bonds is 3. The summed E-state index contributed by atoms with van der Waals surface area (Å²) < 4.78 is 10.7. The van der Waals surface area contributed by atoms with Gasteiger partial charge in [0.15, 0.2) is 11.5 Å². The molecule has 2 aromatic rings. The van der Waals surface area contributed by atoms with Gasteiger partial charge in [-0.05, 0) is 32.9 Å². The molecule has 5 heteroatoms. The van der Waals surface area contributed by atoms with E-state index < -0.39 is 0 Å². The molecule has 4 nitrogen and oxygen atoms in total. The maximum absolute atomic E-state index is 5.38. The Hall–Kier alpha value is -1.75. The van der Waals surface area contributed by atoms with Crippen molar-refractivity contribution in [1.82, 2.24) is 4.98 Å². The van der Waals surface area contributed by atoms with E-state index in [0.29, 0.717) is 6.79 Å². The Balaban J connectivity index is 1.79. The zero-order valence-electron chi connectivity index (χ0n) is 11.2. The summed E-state index contributed by atoms with van der Waals surface area (Å²) in [5.74, 6) is 1.60. The number of anilines is 1. The average Bonchev–Trinajstić information content (AvgIpc) is 2.94. The summed E-state index contributed by atoms with van der Waals surface area (Å²) in [6.07, 6.45) is 0. The fraction of sp³-hybridized carbons (Fsp3) is 0.357. The summed E-state index contributed by atoms with van der Waals surface area (Å²) in [7, 11) is 0. The maximum atomic E-state index is 5.38. The minimum Gasteiger partial charge on any atom is -0.454 e. The van der Waals surface area contributed by atoms with E-state index >= 15 is 0 Å². The predicted octanol–water partition coefficient (Wildman–Crippen LogP) is 3.66. The van der Waals surface area contributed by atoms with Crippen molar-refractivity contribution in [2.24, 2.45) is 0 Å². The number of nitrogens with one attached hydrogen (secondary N) is 1. The zero-order chi connectivity index (χ0) is 13.4. The molecule has 1 N–H and O–H groups in total. The highest BCUT2D eigenvalue weighted by molar-refractivity contribution is 7.11. The Kier molecular flexibility index (Phi) is 3.06. The molecule has 0 bridgehead atoms. The van der Waals surface area contributed by atoms with Crippen molar-refractivity contribution in [1.29, 1.82) is 0 Å². The van der Waals surface area contributed by atoms with Gasteiger partial charge >= 0.3 is 0 Å². The van der Waals surface area contributed by atoms with Gasteiger partial charge in [-0.25, -0.2) is 4.98 Å². The summed E-state index contributed by atoms with van der Waals surface area (Å²) in [5.41, 5.74) is 2.13. The number of hydrogen-bond donors (Lipinski definition) is 1. The minimum absolute atomic E-state index is 0.172. The molecule has 1 atom stereocenters. The molecule has 0 fully saturated rings. The molecule has 0 amide bonds. The van der Waals surface area contributed by atoms with Crippen molar-refractivity contribution < 1.29 is 9.47 Å². The first-order valence-corrected chi connectivity index (χ1v) is 7.05. The Morgan fingerprint density at radius 1 is 1.26 bits per heavy atom. The van der Waals surface area contributed by atoms with Crippen molar-refractivity contribution in [3.63, 3.8) is 0 Å². The number of thiazole rings is 1. The molecule has 0 saturated heterocycles. The second-order valence-electron chi connectivity index (χ2n) is 4.61. The summed E-state index contributed by atoms with van der Waals surface area (Å²) in [4.78, 5) is 5.84. The number of fused-ring (bicyclic) bond motifs is 1. The Bertz CT molecular complexity index is 609. The van der Waals surface area contributed by atoms with Crippen molar-refractivity contribution in [2.45, 2.75) is 26.8 Å². The van der Waals surface area contributed by atoms with Crippen LogP contribution in [0.25, 0.3) is 0 Å². The van der Waals surface area contributed by atoms with Gasteiger partial charge in [0.2, 0.25) is 6.79 Å². The zero-order valence-corrected chi connectivity index (χ0v) is 12.0. The van der Waals surface area contributed by atoms with E-state index in [9.17, 15) is 0 Å². The van der Waals surface area contributed by atoms with Crippen molar-refractivity contribution in [3.05, 3.63) is 33.8 Å². The highest BCUT2D eigenvalue weighted by Gasteiger charge is 2.16. The van der Waals surface area contributed by atoms with E-state index in [-0.39, 0.29) is 6.04 Å². The van der Waals surface area contributed by atoms with E-state index in [1.807, 2.05) is 25.1 Å². The third-order valence-electron chi connectivity index (χ3n) is 3.11. The van der Waals surface area contributed by atoms with E-state index in [2.05, 4.69) is 24.1 Å². The van der Waals surface area contributed by atoms with Gasteiger partial charge < -0.3 is 14.8 Å². The molecular formula is C14H16N2O2S. The van der Waals surface area contributed by atoms with E-state index in [1.54, 1.807) is 11.3 Å². The van der Waals surface area contributed by atoms with Gasteiger partial charge in [0, 0.05) is 16.6 Å². The van der Waals surface area contributed by atoms with E-state index in [0.717, 1.165) is 27.9 Å². The lowest BCUT2D eigenvalue weighted by Gasteiger charge is -2.14. The lowest BCUT2D eigenvalue weighted by Crippen LogP contribution is -2.08. The standard InChI is InChI=1S/C14H16N2O2S/c1-8(14-9(2)19-10(3)16-14)15-11-4-5-12-13(6-11)18-7-17-12/h4-6,8,15H,7H2,1-3H3. The Labute approximate surface area is 116 Å². The highest BCUT2D eigenvalue weighted by atomic mass is 32.1. The highest BCUT2D eigenvalue weighted by Crippen LogP contribution is 2.35. The van der Waals surface area contributed by atoms with Crippen LogP contribution in [0.3, 0.4) is 0 Å². The van der Waals surface area contributed by atoms with Crippen LogP contribution in [-0.2, 0) is 0 Å². The first-order chi connectivity index (χ1) is 9.13. The molecule has 0 aliphatic carbocycles. The summed E-state index contributed by atoms with van der Waals surface area (Å²) >= 11 is 1.73. The second-order valence-corrected chi connectivity index (χ2v) is 6.02. The topological polar surface area (TPSA) is 43.4 Å². The van der Waals surface area contributed by atoms with Crippen LogP contribution in [0.4, 0.5) is 5.69 Å². The molecule has 1 aliphatic rings. The number of nitrogens with zero attached hydrogens (tertiary/aromatic N) is 1. The molecule has 0 radical (unpaired) electrons. The summed E-state index contributed by atoms with van der Waals surface area (Å²) in [6, 6.07) is 6.06. The molecule has 0 saturated carbocycles. The van der Waals surface area contributed by atoms with Crippen molar-refractivity contribution >= 4 is 17.0 Å². The quantitative estimate of drug-likeness (QED) is 0.929. The van der Waals surface area contributed by atoms with Gasteiger partial charge in [-0.15, -0.1) is 11.3 Å². The molecule has 100 valence electrons. The molecule has 1 aromatic heterocycles. The predicted molar refractivity (Wildman–Crippen MR) is 76.2 cm³/mol.